The van der Waals surface area contributed by atoms with E-state index in [4.69, 9.17) is 0 Å². The van der Waals surface area contributed by atoms with Crippen LogP contribution in [-0.2, 0) is 27.1 Å². The van der Waals surface area contributed by atoms with Crippen molar-refractivity contribution in [1.82, 2.24) is 10.0 Å². The number of amides is 1. The Morgan fingerprint density at radius 1 is 1.17 bits per heavy atom. The second kappa shape index (κ2) is 8.62. The van der Waals surface area contributed by atoms with Crippen LogP contribution >= 0.6 is 0 Å². The topological polar surface area (TPSA) is 75.3 Å². The van der Waals surface area contributed by atoms with Crippen LogP contribution in [0.3, 0.4) is 0 Å². The summed E-state index contributed by atoms with van der Waals surface area (Å²) in [6.07, 6.45) is 5.31. The van der Waals surface area contributed by atoms with Crippen LogP contribution < -0.4 is 10.0 Å². The van der Waals surface area contributed by atoms with Gasteiger partial charge in [0.25, 0.3) is 0 Å². The molecule has 24 heavy (non-hydrogen) atoms. The van der Waals surface area contributed by atoms with Crippen LogP contribution in [0.15, 0.2) is 24.3 Å². The van der Waals surface area contributed by atoms with Gasteiger partial charge in [-0.3, -0.25) is 4.79 Å². The minimum Gasteiger partial charge on any atom is -0.352 e. The van der Waals surface area contributed by atoms with Crippen molar-refractivity contribution in [2.45, 2.75) is 64.3 Å². The molecule has 5 nitrogen and oxygen atoms in total. The number of sulfonamides is 1. The molecule has 0 unspecified atom stereocenters. The van der Waals surface area contributed by atoms with E-state index in [9.17, 15) is 13.2 Å². The third-order valence-electron chi connectivity index (χ3n) is 4.30. The molecule has 1 aromatic rings. The van der Waals surface area contributed by atoms with Gasteiger partial charge in [0.15, 0.2) is 0 Å². The first-order chi connectivity index (χ1) is 11.4. The second-order valence-corrected chi connectivity index (χ2v) is 8.69. The van der Waals surface area contributed by atoms with Crippen LogP contribution in [0.25, 0.3) is 0 Å². The molecule has 1 aliphatic rings. The smallest absolute Gasteiger partial charge is 0.220 e. The van der Waals surface area contributed by atoms with Crippen molar-refractivity contribution in [1.29, 1.82) is 0 Å². The van der Waals surface area contributed by atoms with Crippen molar-refractivity contribution in [2.75, 3.05) is 0 Å². The van der Waals surface area contributed by atoms with Gasteiger partial charge in [0.1, 0.15) is 0 Å². The van der Waals surface area contributed by atoms with E-state index in [1.54, 1.807) is 19.9 Å². The molecule has 0 bridgehead atoms. The van der Waals surface area contributed by atoms with Crippen LogP contribution in [0.2, 0.25) is 0 Å². The Hall–Kier alpha value is -1.40. The number of carbonyl (C=O) groups excluding carboxylic acids is 1. The van der Waals surface area contributed by atoms with Crippen LogP contribution in [-0.4, -0.2) is 20.4 Å². The highest BCUT2D eigenvalue weighted by Gasteiger charge is 2.19. The van der Waals surface area contributed by atoms with Gasteiger partial charge in [0, 0.05) is 19.0 Å². The average molecular weight is 353 g/mol. The van der Waals surface area contributed by atoms with Gasteiger partial charge in [-0.25, -0.2) is 13.1 Å². The first-order valence-electron chi connectivity index (χ1n) is 8.69. The van der Waals surface area contributed by atoms with E-state index in [0.29, 0.717) is 18.9 Å². The van der Waals surface area contributed by atoms with Crippen LogP contribution in [0.4, 0.5) is 0 Å². The summed E-state index contributed by atoms with van der Waals surface area (Å²) in [5, 5.41) is 2.94. The molecule has 2 N–H and O–H groups in total. The van der Waals surface area contributed by atoms with Gasteiger partial charge in [0.2, 0.25) is 15.9 Å². The van der Waals surface area contributed by atoms with E-state index in [1.165, 1.54) is 12.8 Å². The number of nitrogens with one attached hydrogen (secondary N) is 2. The molecule has 1 amide bonds. The number of carbonyl (C=O) groups is 1. The fourth-order valence-electron chi connectivity index (χ4n) is 3.22. The average Bonchev–Trinajstić information content (AvgIpc) is 2.97. The molecule has 1 aliphatic carbocycles. The maximum Gasteiger partial charge on any atom is 0.220 e. The van der Waals surface area contributed by atoms with Crippen molar-refractivity contribution in [3.8, 4) is 0 Å². The fraction of sp³-hybridized carbons (Fsp3) is 0.611. The lowest BCUT2D eigenvalue weighted by molar-refractivity contribution is -0.122. The Morgan fingerprint density at radius 3 is 2.42 bits per heavy atom. The Kier molecular flexibility index (Phi) is 6.80. The standard InChI is InChI=1S/C18H28N2O3S/c1-14(2)20-24(22,23)13-17-10-6-5-9-16(17)12-19-18(21)11-15-7-3-4-8-15/h5-6,9-10,14-15,20H,3-4,7-8,11-13H2,1-2H3,(H,19,21). The summed E-state index contributed by atoms with van der Waals surface area (Å²) in [5.74, 6) is 0.496. The molecule has 0 heterocycles. The summed E-state index contributed by atoms with van der Waals surface area (Å²) >= 11 is 0. The first kappa shape index (κ1) is 18.9. The lowest BCUT2D eigenvalue weighted by atomic mass is 10.0. The molecule has 6 heteroatoms. The highest BCUT2D eigenvalue weighted by Crippen LogP contribution is 2.27. The highest BCUT2D eigenvalue weighted by molar-refractivity contribution is 7.88. The Bertz CT molecular complexity index is 650. The summed E-state index contributed by atoms with van der Waals surface area (Å²) in [6.45, 7) is 3.97. The minimum absolute atomic E-state index is 0.0554. The van der Waals surface area contributed by atoms with E-state index >= 15 is 0 Å². The molecular weight excluding hydrogens is 324 g/mol. The van der Waals surface area contributed by atoms with Gasteiger partial charge in [-0.05, 0) is 43.7 Å². The third-order valence-corrected chi connectivity index (χ3v) is 5.83. The van der Waals surface area contributed by atoms with Crippen molar-refractivity contribution >= 4 is 15.9 Å². The van der Waals surface area contributed by atoms with Gasteiger partial charge in [-0.2, -0.15) is 0 Å². The van der Waals surface area contributed by atoms with Gasteiger partial charge < -0.3 is 5.32 Å². The molecule has 0 atom stereocenters. The molecule has 1 saturated carbocycles. The monoisotopic (exact) mass is 352 g/mol. The fourth-order valence-corrected chi connectivity index (χ4v) is 4.71. The predicted octanol–water partition coefficient (Wildman–Crippen LogP) is 2.71. The maximum absolute atomic E-state index is 12.1. The molecule has 0 aromatic heterocycles. The van der Waals surface area contributed by atoms with Crippen LogP contribution in [0.5, 0.6) is 0 Å². The molecule has 134 valence electrons. The van der Waals surface area contributed by atoms with Crippen LogP contribution in [0, 0.1) is 5.92 Å². The highest BCUT2D eigenvalue weighted by atomic mass is 32.2. The van der Waals surface area contributed by atoms with Crippen LogP contribution in [0.1, 0.15) is 57.1 Å². The lowest BCUT2D eigenvalue weighted by Gasteiger charge is -2.14. The zero-order chi connectivity index (χ0) is 17.6. The van der Waals surface area contributed by atoms with Crippen molar-refractivity contribution in [2.24, 2.45) is 5.92 Å². The Labute approximate surface area is 145 Å². The number of hydrogen-bond donors (Lipinski definition) is 2. The minimum atomic E-state index is -3.38. The molecule has 0 saturated heterocycles. The summed E-state index contributed by atoms with van der Waals surface area (Å²) < 4.78 is 26.9. The summed E-state index contributed by atoms with van der Waals surface area (Å²) in [7, 11) is -3.38. The van der Waals surface area contributed by atoms with Crippen molar-refractivity contribution < 1.29 is 13.2 Å². The molecular formula is C18H28N2O3S. The quantitative estimate of drug-likeness (QED) is 0.755. The molecule has 0 aliphatic heterocycles. The molecule has 0 radical (unpaired) electrons. The van der Waals surface area contributed by atoms with E-state index in [1.807, 2.05) is 18.2 Å². The van der Waals surface area contributed by atoms with Crippen molar-refractivity contribution in [3.63, 3.8) is 0 Å². The SMILES string of the molecule is CC(C)NS(=O)(=O)Cc1ccccc1CNC(=O)CC1CCCC1. The van der Waals surface area contributed by atoms with E-state index in [0.717, 1.165) is 24.0 Å². The molecule has 2 rings (SSSR count). The third kappa shape index (κ3) is 6.24. The summed E-state index contributed by atoms with van der Waals surface area (Å²) in [4.78, 5) is 12.1. The van der Waals surface area contributed by atoms with Gasteiger partial charge in [-0.1, -0.05) is 37.1 Å². The predicted molar refractivity (Wildman–Crippen MR) is 95.8 cm³/mol. The number of hydrogen-bond acceptors (Lipinski definition) is 3. The summed E-state index contributed by atoms with van der Waals surface area (Å²) in [5.41, 5.74) is 1.58. The second-order valence-electron chi connectivity index (χ2n) is 6.93. The van der Waals surface area contributed by atoms with E-state index in [-0.39, 0.29) is 17.7 Å². The zero-order valence-electron chi connectivity index (χ0n) is 14.5. The zero-order valence-corrected chi connectivity index (χ0v) is 15.4. The molecule has 1 fully saturated rings. The van der Waals surface area contributed by atoms with Crippen molar-refractivity contribution in [3.05, 3.63) is 35.4 Å². The van der Waals surface area contributed by atoms with Gasteiger partial charge in [0.05, 0.1) is 5.75 Å². The first-order valence-corrected chi connectivity index (χ1v) is 10.3. The number of rotatable bonds is 8. The Morgan fingerprint density at radius 2 is 1.79 bits per heavy atom. The van der Waals surface area contributed by atoms with Gasteiger partial charge in [-0.15, -0.1) is 0 Å². The largest absolute Gasteiger partial charge is 0.352 e. The van der Waals surface area contributed by atoms with E-state index in [2.05, 4.69) is 10.0 Å². The lowest BCUT2D eigenvalue weighted by Crippen LogP contribution is -2.32. The Balaban J connectivity index is 1.94. The normalized spacial score (nSPS) is 15.8. The van der Waals surface area contributed by atoms with E-state index < -0.39 is 10.0 Å². The molecule has 1 aromatic carbocycles. The van der Waals surface area contributed by atoms with Gasteiger partial charge >= 0.3 is 0 Å². The molecule has 0 spiro atoms. The summed E-state index contributed by atoms with van der Waals surface area (Å²) in [6, 6.07) is 7.23. The maximum atomic E-state index is 12.1. The number of benzene rings is 1.